The number of carbonyl (C=O) groups excluding carboxylic acids is 3. The molecule has 1 saturated carbocycles. The molecule has 1 spiro atoms. The summed E-state index contributed by atoms with van der Waals surface area (Å²) in [5.74, 6) is -0.759. The van der Waals surface area contributed by atoms with Gasteiger partial charge in [0.05, 0.1) is 10.2 Å². The highest BCUT2D eigenvalue weighted by atomic mass is 35.5. The average molecular weight is 379 g/mol. The summed E-state index contributed by atoms with van der Waals surface area (Å²) in [4.78, 5) is 42.2. The maximum Gasteiger partial charge on any atom is 0.325 e. The van der Waals surface area contributed by atoms with Crippen LogP contribution in [0.15, 0.2) is 18.2 Å². The fraction of sp³-hybridized carbons (Fsp3) is 0.375. The first-order valence-electron chi connectivity index (χ1n) is 7.97. The Morgan fingerprint density at radius 2 is 2.12 bits per heavy atom. The molecule has 0 radical (unpaired) electrons. The molecule has 2 N–H and O–H groups in total. The SMILES string of the molecule is O=C(CN1C(=O)NC2(CCCC2)C1=O)Nc1nc2ccc(Cl)cc2s1. The van der Waals surface area contributed by atoms with Crippen molar-refractivity contribution < 1.29 is 14.4 Å². The van der Waals surface area contributed by atoms with E-state index in [2.05, 4.69) is 15.6 Å². The van der Waals surface area contributed by atoms with Crippen LogP contribution in [0.4, 0.5) is 9.93 Å². The normalized spacial score (nSPS) is 19.0. The molecule has 1 saturated heterocycles. The van der Waals surface area contributed by atoms with Crippen LogP contribution in [0.3, 0.4) is 0 Å². The zero-order chi connectivity index (χ0) is 17.6. The molecule has 1 aromatic heterocycles. The second-order valence-corrected chi connectivity index (χ2v) is 7.76. The molecule has 2 aromatic rings. The standard InChI is InChI=1S/C16H15ClN4O3S/c17-9-3-4-10-11(7-9)25-14(18-10)19-12(22)8-21-13(23)16(20-15(21)24)5-1-2-6-16/h3-4,7H,1-2,5-6,8H2,(H,20,24)(H,18,19,22). The van der Waals surface area contributed by atoms with Crippen LogP contribution in [-0.2, 0) is 9.59 Å². The second-order valence-electron chi connectivity index (χ2n) is 6.29. The first-order chi connectivity index (χ1) is 12.0. The van der Waals surface area contributed by atoms with Crippen LogP contribution in [0.5, 0.6) is 0 Å². The van der Waals surface area contributed by atoms with Gasteiger partial charge in [-0.15, -0.1) is 0 Å². The van der Waals surface area contributed by atoms with E-state index < -0.39 is 17.5 Å². The van der Waals surface area contributed by atoms with Gasteiger partial charge in [-0.3, -0.25) is 14.5 Å². The van der Waals surface area contributed by atoms with Gasteiger partial charge in [-0.2, -0.15) is 0 Å². The number of rotatable bonds is 3. The van der Waals surface area contributed by atoms with E-state index in [1.165, 1.54) is 11.3 Å². The molecule has 0 atom stereocenters. The van der Waals surface area contributed by atoms with Gasteiger partial charge in [0, 0.05) is 5.02 Å². The van der Waals surface area contributed by atoms with Crippen LogP contribution in [0.2, 0.25) is 5.02 Å². The lowest BCUT2D eigenvalue weighted by Gasteiger charge is -2.19. The van der Waals surface area contributed by atoms with E-state index in [0.717, 1.165) is 28.0 Å². The van der Waals surface area contributed by atoms with Gasteiger partial charge >= 0.3 is 6.03 Å². The number of imide groups is 1. The first kappa shape index (κ1) is 16.3. The molecule has 2 heterocycles. The monoisotopic (exact) mass is 378 g/mol. The summed E-state index contributed by atoms with van der Waals surface area (Å²) >= 11 is 7.23. The number of carbonyl (C=O) groups is 3. The Morgan fingerprint density at radius 3 is 2.88 bits per heavy atom. The Bertz CT molecular complexity index is 891. The molecule has 9 heteroatoms. The average Bonchev–Trinajstić information content (AvgIpc) is 3.23. The van der Waals surface area contributed by atoms with Crippen molar-refractivity contribution in [3.05, 3.63) is 23.2 Å². The van der Waals surface area contributed by atoms with Gasteiger partial charge in [-0.05, 0) is 31.0 Å². The number of urea groups is 1. The van der Waals surface area contributed by atoms with Crippen LogP contribution >= 0.6 is 22.9 Å². The Labute approximate surface area is 152 Å². The Balaban J connectivity index is 1.46. The van der Waals surface area contributed by atoms with E-state index in [9.17, 15) is 14.4 Å². The quantitative estimate of drug-likeness (QED) is 0.803. The molecule has 25 heavy (non-hydrogen) atoms. The smallest absolute Gasteiger partial charge is 0.323 e. The molecule has 2 fully saturated rings. The molecular formula is C16H15ClN4O3S. The summed E-state index contributed by atoms with van der Waals surface area (Å²) in [6.07, 6.45) is 3.07. The molecule has 1 aromatic carbocycles. The molecule has 1 aliphatic carbocycles. The maximum absolute atomic E-state index is 12.5. The Morgan fingerprint density at radius 1 is 1.36 bits per heavy atom. The third-order valence-electron chi connectivity index (χ3n) is 4.60. The summed E-state index contributed by atoms with van der Waals surface area (Å²) < 4.78 is 0.850. The van der Waals surface area contributed by atoms with Crippen LogP contribution < -0.4 is 10.6 Å². The summed E-state index contributed by atoms with van der Waals surface area (Å²) in [6.45, 7) is -0.316. The van der Waals surface area contributed by atoms with E-state index in [-0.39, 0.29) is 12.5 Å². The van der Waals surface area contributed by atoms with Crippen molar-refractivity contribution in [1.29, 1.82) is 0 Å². The van der Waals surface area contributed by atoms with E-state index in [0.29, 0.717) is 23.0 Å². The first-order valence-corrected chi connectivity index (χ1v) is 9.16. The minimum absolute atomic E-state index is 0.304. The largest absolute Gasteiger partial charge is 0.325 e. The summed E-state index contributed by atoms with van der Waals surface area (Å²) in [5.41, 5.74) is -0.0751. The minimum Gasteiger partial charge on any atom is -0.323 e. The van der Waals surface area contributed by atoms with Gasteiger partial charge in [-0.1, -0.05) is 35.8 Å². The highest BCUT2D eigenvalue weighted by Crippen LogP contribution is 2.35. The summed E-state index contributed by atoms with van der Waals surface area (Å²) in [6, 6.07) is 4.76. The lowest BCUT2D eigenvalue weighted by Crippen LogP contribution is -2.44. The maximum atomic E-state index is 12.5. The van der Waals surface area contributed by atoms with Crippen molar-refractivity contribution in [3.8, 4) is 0 Å². The molecule has 2 aliphatic rings. The lowest BCUT2D eigenvalue weighted by molar-refractivity contribution is -0.133. The van der Waals surface area contributed by atoms with Crippen LogP contribution in [0.1, 0.15) is 25.7 Å². The molecule has 1 aliphatic heterocycles. The number of benzene rings is 1. The van der Waals surface area contributed by atoms with E-state index in [1.54, 1.807) is 18.2 Å². The van der Waals surface area contributed by atoms with Gasteiger partial charge in [0.25, 0.3) is 5.91 Å². The summed E-state index contributed by atoms with van der Waals surface area (Å²) in [5, 5.41) is 6.41. The molecule has 0 bridgehead atoms. The molecule has 7 nitrogen and oxygen atoms in total. The van der Waals surface area contributed by atoms with Crippen molar-refractivity contribution in [2.45, 2.75) is 31.2 Å². The number of halogens is 1. The van der Waals surface area contributed by atoms with Crippen molar-refractivity contribution in [3.63, 3.8) is 0 Å². The number of fused-ring (bicyclic) bond motifs is 1. The number of nitrogens with one attached hydrogen (secondary N) is 2. The summed E-state index contributed by atoms with van der Waals surface area (Å²) in [7, 11) is 0. The molecule has 4 amide bonds. The topological polar surface area (TPSA) is 91.4 Å². The molecule has 4 rings (SSSR count). The highest BCUT2D eigenvalue weighted by Gasteiger charge is 2.52. The minimum atomic E-state index is -0.802. The van der Waals surface area contributed by atoms with Gasteiger partial charge in [0.1, 0.15) is 12.1 Å². The number of nitrogens with zero attached hydrogens (tertiary/aromatic N) is 2. The van der Waals surface area contributed by atoms with Crippen molar-refractivity contribution in [1.82, 2.24) is 15.2 Å². The predicted molar refractivity (Wildman–Crippen MR) is 94.7 cm³/mol. The zero-order valence-electron chi connectivity index (χ0n) is 13.2. The second kappa shape index (κ2) is 5.96. The number of thiazole rings is 1. The van der Waals surface area contributed by atoms with Gasteiger partial charge in [0.15, 0.2) is 5.13 Å². The van der Waals surface area contributed by atoms with Gasteiger partial charge in [0.2, 0.25) is 5.91 Å². The number of anilines is 1. The van der Waals surface area contributed by atoms with E-state index in [4.69, 9.17) is 11.6 Å². The van der Waals surface area contributed by atoms with Crippen molar-refractivity contribution in [2.75, 3.05) is 11.9 Å². The van der Waals surface area contributed by atoms with Gasteiger partial charge < -0.3 is 10.6 Å². The molecule has 130 valence electrons. The van der Waals surface area contributed by atoms with Crippen molar-refractivity contribution >= 4 is 56.1 Å². The number of hydrogen-bond donors (Lipinski definition) is 2. The van der Waals surface area contributed by atoms with Crippen LogP contribution in [0.25, 0.3) is 10.2 Å². The number of amides is 4. The molecule has 0 unspecified atom stereocenters. The van der Waals surface area contributed by atoms with Crippen molar-refractivity contribution in [2.24, 2.45) is 0 Å². The van der Waals surface area contributed by atoms with Crippen LogP contribution in [0, 0.1) is 0 Å². The third-order valence-corrected chi connectivity index (χ3v) is 5.77. The third kappa shape index (κ3) is 2.85. The van der Waals surface area contributed by atoms with Gasteiger partial charge in [-0.25, -0.2) is 9.78 Å². The number of hydrogen-bond acceptors (Lipinski definition) is 5. The molecular weight excluding hydrogens is 364 g/mol. The zero-order valence-corrected chi connectivity index (χ0v) is 14.7. The number of aromatic nitrogens is 1. The predicted octanol–water partition coefficient (Wildman–Crippen LogP) is 2.75. The lowest BCUT2D eigenvalue weighted by atomic mass is 9.98. The fourth-order valence-electron chi connectivity index (χ4n) is 3.39. The van der Waals surface area contributed by atoms with E-state index in [1.807, 2.05) is 0 Å². The van der Waals surface area contributed by atoms with Crippen LogP contribution in [-0.4, -0.2) is 39.8 Å². The highest BCUT2D eigenvalue weighted by molar-refractivity contribution is 7.22. The van der Waals surface area contributed by atoms with E-state index >= 15 is 0 Å². The Kier molecular flexibility index (Phi) is 3.88. The fourth-order valence-corrected chi connectivity index (χ4v) is 4.55. The Hall–Kier alpha value is -2.19.